The Morgan fingerprint density at radius 3 is 2.83 bits per heavy atom. The molecule has 3 rings (SSSR count). The van der Waals surface area contributed by atoms with Gasteiger partial charge in [-0.15, -0.1) is 5.10 Å². The van der Waals surface area contributed by atoms with Crippen LogP contribution < -0.4 is 10.6 Å². The Morgan fingerprint density at radius 1 is 1.26 bits per heavy atom. The van der Waals surface area contributed by atoms with Crippen LogP contribution >= 0.6 is 12.2 Å². The number of hydrogen-bond donors (Lipinski definition) is 2. The first-order valence-electron chi connectivity index (χ1n) is 7.21. The molecular weight excluding hydrogens is 310 g/mol. The van der Waals surface area contributed by atoms with Gasteiger partial charge in [-0.25, -0.2) is 9.67 Å². The standard InChI is InChI=1S/C16H17N5OS/c1-12-4-6-13(7-5-12)10-21-11-18-15(20-21)19-16(23)17-9-14-3-2-8-22-14/h2-8,11H,9-10H2,1H3,(H2,17,19,20,23). The van der Waals surface area contributed by atoms with Crippen LogP contribution in [0, 0.1) is 6.92 Å². The molecule has 23 heavy (non-hydrogen) atoms. The van der Waals surface area contributed by atoms with Gasteiger partial charge in [0.1, 0.15) is 12.1 Å². The van der Waals surface area contributed by atoms with E-state index in [1.165, 1.54) is 11.1 Å². The summed E-state index contributed by atoms with van der Waals surface area (Å²) in [6.45, 7) is 3.25. The lowest BCUT2D eigenvalue weighted by Crippen LogP contribution is -2.28. The first-order chi connectivity index (χ1) is 11.2. The molecule has 0 aliphatic rings. The summed E-state index contributed by atoms with van der Waals surface area (Å²) in [4.78, 5) is 4.20. The number of aromatic nitrogens is 3. The summed E-state index contributed by atoms with van der Waals surface area (Å²) in [6.07, 6.45) is 3.30. The van der Waals surface area contributed by atoms with Crippen molar-refractivity contribution in [2.45, 2.75) is 20.0 Å². The topological polar surface area (TPSA) is 67.9 Å². The minimum absolute atomic E-state index is 0.453. The summed E-state index contributed by atoms with van der Waals surface area (Å²) in [5.41, 5.74) is 2.41. The smallest absolute Gasteiger partial charge is 0.248 e. The average molecular weight is 327 g/mol. The van der Waals surface area contributed by atoms with Crippen LogP contribution in [0.15, 0.2) is 53.4 Å². The van der Waals surface area contributed by atoms with Gasteiger partial charge >= 0.3 is 0 Å². The Morgan fingerprint density at radius 2 is 2.09 bits per heavy atom. The Kier molecular flexibility index (Phi) is 4.68. The zero-order valence-electron chi connectivity index (χ0n) is 12.7. The van der Waals surface area contributed by atoms with Crippen molar-refractivity contribution in [3.05, 3.63) is 65.9 Å². The molecule has 3 aromatic rings. The van der Waals surface area contributed by atoms with Crippen molar-refractivity contribution < 1.29 is 4.42 Å². The van der Waals surface area contributed by atoms with Crippen LogP contribution in [0.5, 0.6) is 0 Å². The number of anilines is 1. The zero-order chi connectivity index (χ0) is 16.1. The molecule has 2 aromatic heterocycles. The predicted octanol–water partition coefficient (Wildman–Crippen LogP) is 2.71. The highest BCUT2D eigenvalue weighted by Gasteiger charge is 2.04. The molecule has 0 spiro atoms. The van der Waals surface area contributed by atoms with E-state index >= 15 is 0 Å². The van der Waals surface area contributed by atoms with E-state index in [1.54, 1.807) is 17.3 Å². The molecule has 0 aliphatic heterocycles. The van der Waals surface area contributed by atoms with Crippen molar-refractivity contribution in [1.29, 1.82) is 0 Å². The van der Waals surface area contributed by atoms with E-state index in [0.717, 1.165) is 5.76 Å². The Labute approximate surface area is 139 Å². The van der Waals surface area contributed by atoms with Gasteiger partial charge in [-0.2, -0.15) is 0 Å². The van der Waals surface area contributed by atoms with Crippen LogP contribution in [0.3, 0.4) is 0 Å². The van der Waals surface area contributed by atoms with Crippen molar-refractivity contribution in [3.63, 3.8) is 0 Å². The predicted molar refractivity (Wildman–Crippen MR) is 92.1 cm³/mol. The molecule has 0 fully saturated rings. The molecule has 0 aliphatic carbocycles. The fourth-order valence-electron chi connectivity index (χ4n) is 2.03. The molecule has 2 N–H and O–H groups in total. The number of nitrogens with zero attached hydrogens (tertiary/aromatic N) is 3. The molecular formula is C16H17N5OS. The third-order valence-corrected chi connectivity index (χ3v) is 3.48. The van der Waals surface area contributed by atoms with Gasteiger partial charge in [0, 0.05) is 0 Å². The van der Waals surface area contributed by atoms with E-state index in [2.05, 4.69) is 51.9 Å². The van der Waals surface area contributed by atoms with Crippen LogP contribution in [0.25, 0.3) is 0 Å². The second kappa shape index (κ2) is 7.06. The molecule has 0 unspecified atom stereocenters. The van der Waals surface area contributed by atoms with Crippen molar-refractivity contribution in [2.24, 2.45) is 0 Å². The molecule has 2 heterocycles. The summed E-state index contributed by atoms with van der Waals surface area (Å²) in [5, 5.41) is 10.8. The summed E-state index contributed by atoms with van der Waals surface area (Å²) >= 11 is 5.21. The molecule has 0 amide bonds. The zero-order valence-corrected chi connectivity index (χ0v) is 13.5. The van der Waals surface area contributed by atoms with Crippen LogP contribution in [-0.4, -0.2) is 19.9 Å². The van der Waals surface area contributed by atoms with Crippen molar-refractivity contribution in [1.82, 2.24) is 20.1 Å². The lowest BCUT2D eigenvalue weighted by atomic mass is 10.1. The summed E-state index contributed by atoms with van der Waals surface area (Å²) in [6, 6.07) is 12.0. The SMILES string of the molecule is Cc1ccc(Cn2cnc(NC(=S)NCc3ccco3)n2)cc1. The van der Waals surface area contributed by atoms with E-state index < -0.39 is 0 Å². The number of thiocarbonyl (C=S) groups is 1. The molecule has 1 aromatic carbocycles. The van der Waals surface area contributed by atoms with Crippen molar-refractivity contribution >= 4 is 23.3 Å². The van der Waals surface area contributed by atoms with Gasteiger partial charge in [-0.05, 0) is 36.8 Å². The molecule has 0 atom stereocenters. The third-order valence-electron chi connectivity index (χ3n) is 3.23. The summed E-state index contributed by atoms with van der Waals surface area (Å²) in [7, 11) is 0. The molecule has 118 valence electrons. The second-order valence-corrected chi connectivity index (χ2v) is 5.55. The van der Waals surface area contributed by atoms with Crippen LogP contribution in [-0.2, 0) is 13.1 Å². The van der Waals surface area contributed by atoms with E-state index in [4.69, 9.17) is 16.6 Å². The molecule has 0 bridgehead atoms. The highest BCUT2D eigenvalue weighted by molar-refractivity contribution is 7.80. The van der Waals surface area contributed by atoms with E-state index in [1.807, 2.05) is 12.1 Å². The molecule has 0 radical (unpaired) electrons. The summed E-state index contributed by atoms with van der Waals surface area (Å²) in [5.74, 6) is 1.28. The maximum absolute atomic E-state index is 5.23. The number of rotatable bonds is 5. The lowest BCUT2D eigenvalue weighted by Gasteiger charge is -2.06. The highest BCUT2D eigenvalue weighted by Crippen LogP contribution is 2.06. The minimum atomic E-state index is 0.453. The summed E-state index contributed by atoms with van der Waals surface area (Å²) < 4.78 is 6.99. The number of nitrogens with one attached hydrogen (secondary N) is 2. The first kappa shape index (κ1) is 15.2. The van der Waals surface area contributed by atoms with Gasteiger partial charge in [0.05, 0.1) is 19.4 Å². The normalized spacial score (nSPS) is 10.5. The fourth-order valence-corrected chi connectivity index (χ4v) is 2.20. The molecule has 0 saturated heterocycles. The quantitative estimate of drug-likeness (QED) is 0.702. The maximum Gasteiger partial charge on any atom is 0.248 e. The monoisotopic (exact) mass is 327 g/mol. The second-order valence-electron chi connectivity index (χ2n) is 5.14. The van der Waals surface area contributed by atoms with Gasteiger partial charge in [0.15, 0.2) is 5.11 Å². The molecule has 0 saturated carbocycles. The lowest BCUT2D eigenvalue weighted by molar-refractivity contribution is 0.503. The van der Waals surface area contributed by atoms with Crippen LogP contribution in [0.2, 0.25) is 0 Å². The van der Waals surface area contributed by atoms with Crippen LogP contribution in [0.4, 0.5) is 5.95 Å². The molecule has 7 heteroatoms. The van der Waals surface area contributed by atoms with Gasteiger partial charge in [0.25, 0.3) is 0 Å². The van der Waals surface area contributed by atoms with Crippen LogP contribution in [0.1, 0.15) is 16.9 Å². The van der Waals surface area contributed by atoms with E-state index in [-0.39, 0.29) is 0 Å². The van der Waals surface area contributed by atoms with Gasteiger partial charge in [0.2, 0.25) is 5.95 Å². The van der Waals surface area contributed by atoms with Gasteiger partial charge < -0.3 is 9.73 Å². The van der Waals surface area contributed by atoms with Crippen molar-refractivity contribution in [3.8, 4) is 0 Å². The number of hydrogen-bond acceptors (Lipinski definition) is 4. The van der Waals surface area contributed by atoms with E-state index in [9.17, 15) is 0 Å². The van der Waals surface area contributed by atoms with Crippen molar-refractivity contribution in [2.75, 3.05) is 5.32 Å². The Hall–Kier alpha value is -2.67. The number of furan rings is 1. The Balaban J connectivity index is 1.52. The number of aryl methyl sites for hydroxylation is 1. The third kappa shape index (κ3) is 4.40. The largest absolute Gasteiger partial charge is 0.467 e. The number of benzene rings is 1. The maximum atomic E-state index is 5.23. The van der Waals surface area contributed by atoms with Gasteiger partial charge in [-0.3, -0.25) is 5.32 Å². The molecule has 6 nitrogen and oxygen atoms in total. The average Bonchev–Trinajstić information content (AvgIpc) is 3.20. The fraction of sp³-hybridized carbons (Fsp3) is 0.188. The highest BCUT2D eigenvalue weighted by atomic mass is 32.1. The van der Waals surface area contributed by atoms with Gasteiger partial charge in [-0.1, -0.05) is 29.8 Å². The minimum Gasteiger partial charge on any atom is -0.467 e. The van der Waals surface area contributed by atoms with E-state index in [0.29, 0.717) is 24.2 Å². The first-order valence-corrected chi connectivity index (χ1v) is 7.62. The Bertz CT molecular complexity index is 764.